The fourth-order valence-electron chi connectivity index (χ4n) is 3.72. The van der Waals surface area contributed by atoms with Gasteiger partial charge in [0.1, 0.15) is 0 Å². The van der Waals surface area contributed by atoms with E-state index in [2.05, 4.69) is 13.3 Å². The highest BCUT2D eigenvalue weighted by atomic mass is 31.1. The van der Waals surface area contributed by atoms with Gasteiger partial charge in [-0.25, -0.2) is 0 Å². The van der Waals surface area contributed by atoms with Crippen LogP contribution in [0.5, 0.6) is 0 Å². The van der Waals surface area contributed by atoms with Crippen LogP contribution in [-0.2, 0) is 0 Å². The molecule has 0 aromatic carbocycles. The fraction of sp³-hybridized carbons (Fsp3) is 1.00. The first-order valence-electron chi connectivity index (χ1n) is 8.18. The lowest BCUT2D eigenvalue weighted by atomic mass is 10.0. The molecule has 2 atom stereocenters. The van der Waals surface area contributed by atoms with E-state index in [1.54, 1.807) is 38.0 Å². The van der Waals surface area contributed by atoms with Crippen LogP contribution in [0.2, 0.25) is 0 Å². The molecule has 2 unspecified atom stereocenters. The molecular formula is C16H32P2. The van der Waals surface area contributed by atoms with Crippen LogP contribution in [0.15, 0.2) is 0 Å². The van der Waals surface area contributed by atoms with Crippen molar-refractivity contribution >= 4 is 15.8 Å². The van der Waals surface area contributed by atoms with Gasteiger partial charge in [-0.3, -0.25) is 0 Å². The Morgan fingerprint density at radius 3 is 1.28 bits per heavy atom. The molecule has 0 bridgehead atoms. The van der Waals surface area contributed by atoms with Crippen molar-refractivity contribution in [2.24, 2.45) is 0 Å². The van der Waals surface area contributed by atoms with Crippen molar-refractivity contribution in [2.75, 3.05) is 25.7 Å². The first-order chi connectivity index (χ1) is 8.77. The van der Waals surface area contributed by atoms with Gasteiger partial charge in [-0.15, -0.1) is 15.8 Å². The van der Waals surface area contributed by atoms with Crippen LogP contribution in [0, 0.1) is 0 Å². The third-order valence-corrected chi connectivity index (χ3v) is 10.9. The Morgan fingerprint density at radius 1 is 0.611 bits per heavy atom. The Balaban J connectivity index is 1.66. The molecule has 0 nitrogen and oxygen atoms in total. The van der Waals surface area contributed by atoms with E-state index in [1.807, 2.05) is 0 Å². The highest BCUT2D eigenvalue weighted by Gasteiger charge is 2.23. The van der Waals surface area contributed by atoms with E-state index in [4.69, 9.17) is 0 Å². The predicted octanol–water partition coefficient (Wildman–Crippen LogP) is 5.88. The SMILES string of the molecule is CP(CCP(C)C1CCCCC1)C1CCCCC1. The first kappa shape index (κ1) is 15.3. The molecule has 2 aliphatic rings. The van der Waals surface area contributed by atoms with Gasteiger partial charge in [0.2, 0.25) is 0 Å². The van der Waals surface area contributed by atoms with Crippen LogP contribution in [0.4, 0.5) is 0 Å². The lowest BCUT2D eigenvalue weighted by molar-refractivity contribution is 0.510. The zero-order valence-electron chi connectivity index (χ0n) is 12.5. The minimum absolute atomic E-state index is 0.364. The van der Waals surface area contributed by atoms with Crippen LogP contribution >= 0.6 is 15.8 Å². The van der Waals surface area contributed by atoms with Gasteiger partial charge in [0, 0.05) is 0 Å². The summed E-state index contributed by atoms with van der Waals surface area (Å²) in [5, 5.41) is 0. The maximum atomic E-state index is 2.61. The second-order valence-electron chi connectivity index (χ2n) is 6.54. The zero-order chi connectivity index (χ0) is 12.8. The van der Waals surface area contributed by atoms with Crippen molar-refractivity contribution in [1.29, 1.82) is 0 Å². The van der Waals surface area contributed by atoms with Gasteiger partial charge < -0.3 is 0 Å². The highest BCUT2D eigenvalue weighted by molar-refractivity contribution is 7.61. The molecule has 2 rings (SSSR count). The Bertz CT molecular complexity index is 193. The lowest BCUT2D eigenvalue weighted by Gasteiger charge is -2.32. The minimum Gasteiger partial charge on any atom is -0.106 e. The van der Waals surface area contributed by atoms with Crippen molar-refractivity contribution in [1.82, 2.24) is 0 Å². The van der Waals surface area contributed by atoms with Gasteiger partial charge in [-0.05, 0) is 62.7 Å². The summed E-state index contributed by atoms with van der Waals surface area (Å²) in [6.07, 6.45) is 18.6. The van der Waals surface area contributed by atoms with Crippen molar-refractivity contribution in [3.8, 4) is 0 Å². The van der Waals surface area contributed by atoms with Gasteiger partial charge in [0.25, 0.3) is 0 Å². The third kappa shape index (κ3) is 4.76. The Labute approximate surface area is 117 Å². The highest BCUT2D eigenvalue weighted by Crippen LogP contribution is 2.50. The van der Waals surface area contributed by atoms with E-state index >= 15 is 0 Å². The molecule has 106 valence electrons. The molecule has 18 heavy (non-hydrogen) atoms. The molecule has 0 aliphatic heterocycles. The summed E-state index contributed by atoms with van der Waals surface area (Å²) in [5.41, 5.74) is 2.28. The van der Waals surface area contributed by atoms with Crippen LogP contribution in [-0.4, -0.2) is 37.0 Å². The molecule has 0 spiro atoms. The van der Waals surface area contributed by atoms with E-state index in [0.717, 1.165) is 11.3 Å². The average Bonchev–Trinajstić information content (AvgIpc) is 2.46. The fourth-order valence-corrected chi connectivity index (χ4v) is 9.47. The largest absolute Gasteiger partial charge is 0.106 e. The summed E-state index contributed by atoms with van der Waals surface area (Å²) in [5.74, 6) is 0. The topological polar surface area (TPSA) is 0 Å². The molecule has 0 radical (unpaired) electrons. The molecule has 2 saturated carbocycles. The summed E-state index contributed by atoms with van der Waals surface area (Å²) in [4.78, 5) is 0. The summed E-state index contributed by atoms with van der Waals surface area (Å²) >= 11 is 0. The van der Waals surface area contributed by atoms with E-state index in [-0.39, 0.29) is 0 Å². The lowest BCUT2D eigenvalue weighted by Crippen LogP contribution is -2.15. The van der Waals surface area contributed by atoms with E-state index in [9.17, 15) is 0 Å². The average molecular weight is 286 g/mol. The summed E-state index contributed by atoms with van der Waals surface area (Å²) in [6, 6.07) is 0. The monoisotopic (exact) mass is 286 g/mol. The van der Waals surface area contributed by atoms with E-state index in [1.165, 1.54) is 38.5 Å². The summed E-state index contributed by atoms with van der Waals surface area (Å²) in [7, 11) is 0.728. The van der Waals surface area contributed by atoms with Crippen molar-refractivity contribution in [2.45, 2.75) is 75.5 Å². The smallest absolute Gasteiger partial charge is 0.0212 e. The molecule has 0 saturated heterocycles. The van der Waals surface area contributed by atoms with E-state index < -0.39 is 0 Å². The number of rotatable bonds is 5. The molecule has 0 amide bonds. The Kier molecular flexibility index (Phi) is 6.96. The van der Waals surface area contributed by atoms with Crippen molar-refractivity contribution in [3.05, 3.63) is 0 Å². The molecule has 2 fully saturated rings. The second-order valence-corrected chi connectivity index (χ2v) is 11.9. The normalized spacial score (nSPS) is 27.0. The maximum absolute atomic E-state index is 2.61. The van der Waals surface area contributed by atoms with Gasteiger partial charge >= 0.3 is 0 Å². The minimum atomic E-state index is 0.364. The van der Waals surface area contributed by atoms with Crippen molar-refractivity contribution < 1.29 is 0 Å². The van der Waals surface area contributed by atoms with Gasteiger partial charge in [0.15, 0.2) is 0 Å². The predicted molar refractivity (Wildman–Crippen MR) is 89.2 cm³/mol. The number of hydrogen-bond acceptors (Lipinski definition) is 0. The standard InChI is InChI=1S/C16H32P2/c1-17(15-9-5-3-6-10-15)13-14-18(2)16-11-7-4-8-12-16/h15-16H,3-14H2,1-2H3. The van der Waals surface area contributed by atoms with Gasteiger partial charge in [-0.2, -0.15) is 0 Å². The van der Waals surface area contributed by atoms with Crippen LogP contribution < -0.4 is 0 Å². The second kappa shape index (κ2) is 8.21. The summed E-state index contributed by atoms with van der Waals surface area (Å²) < 4.78 is 0. The molecule has 0 heterocycles. The van der Waals surface area contributed by atoms with Gasteiger partial charge in [0.05, 0.1) is 0 Å². The number of hydrogen-bond donors (Lipinski definition) is 0. The molecule has 0 N–H and O–H groups in total. The van der Waals surface area contributed by atoms with Gasteiger partial charge in [-0.1, -0.05) is 38.5 Å². The van der Waals surface area contributed by atoms with Crippen molar-refractivity contribution in [3.63, 3.8) is 0 Å². The quantitative estimate of drug-likeness (QED) is 0.554. The molecule has 0 aromatic heterocycles. The summed E-state index contributed by atoms with van der Waals surface area (Å²) in [6.45, 7) is 5.21. The van der Waals surface area contributed by atoms with Crippen LogP contribution in [0.3, 0.4) is 0 Å². The molecule has 2 heteroatoms. The van der Waals surface area contributed by atoms with Crippen LogP contribution in [0.25, 0.3) is 0 Å². The zero-order valence-corrected chi connectivity index (χ0v) is 14.3. The molecule has 2 aliphatic carbocycles. The Hall–Kier alpha value is 0.860. The van der Waals surface area contributed by atoms with E-state index in [0.29, 0.717) is 15.8 Å². The van der Waals surface area contributed by atoms with Crippen LogP contribution in [0.1, 0.15) is 64.2 Å². The first-order valence-corrected chi connectivity index (χ1v) is 12.3. The Morgan fingerprint density at radius 2 is 0.944 bits per heavy atom. The third-order valence-electron chi connectivity index (χ3n) is 5.20. The maximum Gasteiger partial charge on any atom is -0.0212 e. The molecular weight excluding hydrogens is 254 g/mol. The molecule has 0 aromatic rings.